The monoisotopic (exact) mass is 406 g/mol. The third kappa shape index (κ3) is 7.72. The largest absolute Gasteiger partial charge is 0.444 e. The number of hydrogen-bond donors (Lipinski definition) is 2. The molecule has 1 unspecified atom stereocenters. The topological polar surface area (TPSA) is 96.6 Å². The van der Waals surface area contributed by atoms with Gasteiger partial charge in [0.15, 0.2) is 5.96 Å². The summed E-state index contributed by atoms with van der Waals surface area (Å²) < 4.78 is 28.2. The molecule has 0 radical (unpaired) electrons. The fraction of sp³-hybridized carbons (Fsp3) is 0.500. The van der Waals surface area contributed by atoms with E-state index in [2.05, 4.69) is 20.6 Å². The normalized spacial score (nSPS) is 13.4. The van der Waals surface area contributed by atoms with E-state index in [1.165, 1.54) is 11.8 Å². The molecule has 7 nitrogen and oxygen atoms in total. The van der Waals surface area contributed by atoms with Gasteiger partial charge in [-0.2, -0.15) is 0 Å². The molecule has 28 heavy (non-hydrogen) atoms. The quantitative estimate of drug-likeness (QED) is 0.491. The SMILES string of the molecule is CCNC(=NCCc1coc(-c2ccc(C)cc2)n1)NC(C)CCS(C)(=O)=O. The van der Waals surface area contributed by atoms with Gasteiger partial charge in [-0.05, 0) is 39.3 Å². The van der Waals surface area contributed by atoms with Gasteiger partial charge in [-0.3, -0.25) is 4.99 Å². The zero-order chi connectivity index (χ0) is 20.6. The predicted octanol–water partition coefficient (Wildman–Crippen LogP) is 2.57. The Labute approximate surface area is 167 Å². The molecule has 0 saturated heterocycles. The van der Waals surface area contributed by atoms with Gasteiger partial charge in [0.05, 0.1) is 11.4 Å². The Balaban J connectivity index is 1.90. The number of oxazole rings is 1. The molecule has 1 aromatic heterocycles. The molecule has 0 saturated carbocycles. The van der Waals surface area contributed by atoms with Gasteiger partial charge in [0.1, 0.15) is 16.1 Å². The number of sulfone groups is 1. The summed E-state index contributed by atoms with van der Waals surface area (Å²) in [6.45, 7) is 7.26. The van der Waals surface area contributed by atoms with Crippen LogP contribution in [0.2, 0.25) is 0 Å². The van der Waals surface area contributed by atoms with Crippen molar-refractivity contribution in [2.45, 2.75) is 39.7 Å². The van der Waals surface area contributed by atoms with Crippen molar-refractivity contribution < 1.29 is 12.8 Å². The molecule has 154 valence electrons. The highest BCUT2D eigenvalue weighted by Gasteiger charge is 2.10. The number of nitrogens with zero attached hydrogens (tertiary/aromatic N) is 2. The highest BCUT2D eigenvalue weighted by atomic mass is 32.2. The number of guanidine groups is 1. The maximum absolute atomic E-state index is 11.3. The summed E-state index contributed by atoms with van der Waals surface area (Å²) in [4.78, 5) is 9.08. The predicted molar refractivity (Wildman–Crippen MR) is 113 cm³/mol. The molecule has 1 heterocycles. The molecule has 0 bridgehead atoms. The van der Waals surface area contributed by atoms with Crippen LogP contribution in [0.15, 0.2) is 39.9 Å². The van der Waals surface area contributed by atoms with Crippen LogP contribution in [-0.4, -0.2) is 50.5 Å². The van der Waals surface area contributed by atoms with Crippen LogP contribution in [0.5, 0.6) is 0 Å². The van der Waals surface area contributed by atoms with Gasteiger partial charge in [0.25, 0.3) is 0 Å². The molecule has 2 N–H and O–H groups in total. The molecule has 1 aromatic carbocycles. The molecule has 0 spiro atoms. The van der Waals surface area contributed by atoms with Gasteiger partial charge in [0, 0.05) is 37.4 Å². The second kappa shape index (κ2) is 10.3. The lowest BCUT2D eigenvalue weighted by Gasteiger charge is -2.17. The van der Waals surface area contributed by atoms with Crippen LogP contribution in [0.3, 0.4) is 0 Å². The molecule has 0 aliphatic carbocycles. The molecule has 0 amide bonds. The Morgan fingerprint density at radius 1 is 1.29 bits per heavy atom. The summed E-state index contributed by atoms with van der Waals surface area (Å²) in [5, 5.41) is 6.42. The molecule has 8 heteroatoms. The van der Waals surface area contributed by atoms with Crippen LogP contribution in [0, 0.1) is 6.92 Å². The van der Waals surface area contributed by atoms with Gasteiger partial charge in [-0.1, -0.05) is 17.7 Å². The second-order valence-electron chi connectivity index (χ2n) is 6.98. The minimum absolute atomic E-state index is 0.00714. The van der Waals surface area contributed by atoms with Crippen LogP contribution in [0.1, 0.15) is 31.5 Å². The number of aliphatic imine (C=N–C) groups is 1. The molecule has 0 fully saturated rings. The van der Waals surface area contributed by atoms with Crippen molar-refractivity contribution >= 4 is 15.8 Å². The lowest BCUT2D eigenvalue weighted by Crippen LogP contribution is -2.43. The van der Waals surface area contributed by atoms with Gasteiger partial charge < -0.3 is 15.1 Å². The maximum atomic E-state index is 11.3. The number of nitrogens with one attached hydrogen (secondary N) is 2. The van der Waals surface area contributed by atoms with Crippen LogP contribution in [0.25, 0.3) is 11.5 Å². The first-order valence-corrected chi connectivity index (χ1v) is 11.6. The van der Waals surface area contributed by atoms with E-state index >= 15 is 0 Å². The summed E-state index contributed by atoms with van der Waals surface area (Å²) in [6.07, 6.45) is 4.11. The summed E-state index contributed by atoms with van der Waals surface area (Å²) in [6, 6.07) is 8.06. The number of aromatic nitrogens is 1. The fourth-order valence-electron chi connectivity index (χ4n) is 2.55. The zero-order valence-corrected chi connectivity index (χ0v) is 17.8. The Morgan fingerprint density at radius 3 is 2.64 bits per heavy atom. The molecule has 1 atom stereocenters. The average molecular weight is 407 g/mol. The van der Waals surface area contributed by atoms with E-state index in [-0.39, 0.29) is 11.8 Å². The van der Waals surface area contributed by atoms with E-state index < -0.39 is 9.84 Å². The zero-order valence-electron chi connectivity index (χ0n) is 17.0. The summed E-state index contributed by atoms with van der Waals surface area (Å²) >= 11 is 0. The average Bonchev–Trinajstić information content (AvgIpc) is 3.09. The van der Waals surface area contributed by atoms with Crippen molar-refractivity contribution in [1.82, 2.24) is 15.6 Å². The number of benzene rings is 1. The van der Waals surface area contributed by atoms with Crippen molar-refractivity contribution in [3.8, 4) is 11.5 Å². The number of rotatable bonds is 9. The van der Waals surface area contributed by atoms with Crippen molar-refractivity contribution in [3.05, 3.63) is 41.8 Å². The highest BCUT2D eigenvalue weighted by molar-refractivity contribution is 7.90. The fourth-order valence-corrected chi connectivity index (χ4v) is 3.33. The van der Waals surface area contributed by atoms with Crippen molar-refractivity contribution in [1.29, 1.82) is 0 Å². The minimum Gasteiger partial charge on any atom is -0.444 e. The third-order valence-corrected chi connectivity index (χ3v) is 5.11. The summed E-state index contributed by atoms with van der Waals surface area (Å²) in [7, 11) is -2.96. The van der Waals surface area contributed by atoms with E-state index in [0.717, 1.165) is 17.8 Å². The Morgan fingerprint density at radius 2 is 2.00 bits per heavy atom. The standard InChI is InChI=1S/C20H30N4O3S/c1-5-21-20(23-16(3)11-13-28(4,25)26)22-12-10-18-14-27-19(24-18)17-8-6-15(2)7-9-17/h6-9,14,16H,5,10-13H2,1-4H3,(H2,21,22,23). The van der Waals surface area contributed by atoms with Gasteiger partial charge in [-0.15, -0.1) is 0 Å². The van der Waals surface area contributed by atoms with E-state index in [9.17, 15) is 8.42 Å². The highest BCUT2D eigenvalue weighted by Crippen LogP contribution is 2.19. The van der Waals surface area contributed by atoms with Gasteiger partial charge in [-0.25, -0.2) is 13.4 Å². The minimum atomic E-state index is -2.96. The first kappa shape index (κ1) is 21.9. The van der Waals surface area contributed by atoms with E-state index in [1.54, 1.807) is 6.26 Å². The maximum Gasteiger partial charge on any atom is 0.226 e. The van der Waals surface area contributed by atoms with E-state index in [1.807, 2.05) is 45.0 Å². The van der Waals surface area contributed by atoms with Crippen LogP contribution < -0.4 is 10.6 Å². The number of aryl methyl sites for hydroxylation is 1. The van der Waals surface area contributed by atoms with Crippen LogP contribution >= 0.6 is 0 Å². The first-order chi connectivity index (χ1) is 13.3. The Kier molecular flexibility index (Phi) is 8.04. The Bertz CT molecular complexity index is 873. The van der Waals surface area contributed by atoms with Crippen molar-refractivity contribution in [2.75, 3.05) is 25.1 Å². The van der Waals surface area contributed by atoms with Crippen molar-refractivity contribution in [2.24, 2.45) is 4.99 Å². The van der Waals surface area contributed by atoms with Crippen molar-refractivity contribution in [3.63, 3.8) is 0 Å². The third-order valence-electron chi connectivity index (χ3n) is 4.14. The lowest BCUT2D eigenvalue weighted by atomic mass is 10.1. The smallest absolute Gasteiger partial charge is 0.226 e. The number of hydrogen-bond acceptors (Lipinski definition) is 5. The molecular formula is C20H30N4O3S. The summed E-state index contributed by atoms with van der Waals surface area (Å²) in [5.74, 6) is 1.44. The summed E-state index contributed by atoms with van der Waals surface area (Å²) in [5.41, 5.74) is 2.99. The Hall–Kier alpha value is -2.35. The van der Waals surface area contributed by atoms with Gasteiger partial charge >= 0.3 is 0 Å². The lowest BCUT2D eigenvalue weighted by molar-refractivity contribution is 0.572. The van der Waals surface area contributed by atoms with Crippen LogP contribution in [-0.2, 0) is 16.3 Å². The second-order valence-corrected chi connectivity index (χ2v) is 9.24. The van der Waals surface area contributed by atoms with E-state index in [4.69, 9.17) is 4.42 Å². The molecular weight excluding hydrogens is 376 g/mol. The molecule has 0 aliphatic rings. The van der Waals surface area contributed by atoms with Gasteiger partial charge in [0.2, 0.25) is 5.89 Å². The molecule has 0 aliphatic heterocycles. The van der Waals surface area contributed by atoms with Crippen LogP contribution in [0.4, 0.5) is 0 Å². The molecule has 2 rings (SSSR count). The molecule has 2 aromatic rings. The van der Waals surface area contributed by atoms with E-state index in [0.29, 0.717) is 31.2 Å². The first-order valence-electron chi connectivity index (χ1n) is 9.51.